The highest BCUT2D eigenvalue weighted by atomic mass is 32.1. The Morgan fingerprint density at radius 2 is 1.02 bits per heavy atom. The molecule has 0 aliphatic carbocycles. The van der Waals surface area contributed by atoms with E-state index in [0.29, 0.717) is 0 Å². The van der Waals surface area contributed by atoms with Crippen molar-refractivity contribution in [3.8, 4) is 22.3 Å². The predicted molar refractivity (Wildman–Crippen MR) is 227 cm³/mol. The molecule has 0 radical (unpaired) electrons. The molecule has 2 aromatic heterocycles. The van der Waals surface area contributed by atoms with Gasteiger partial charge in [-0.25, -0.2) is 0 Å². The topological polar surface area (TPSA) is 16.4 Å². The fourth-order valence-corrected chi connectivity index (χ4v) is 9.33. The van der Waals surface area contributed by atoms with Crippen LogP contribution in [0.5, 0.6) is 0 Å². The zero-order chi connectivity index (χ0) is 34.9. The molecule has 248 valence electrons. The van der Waals surface area contributed by atoms with Crippen LogP contribution in [0.2, 0.25) is 0 Å². The first kappa shape index (κ1) is 30.0. The van der Waals surface area contributed by atoms with Gasteiger partial charge in [-0.1, -0.05) is 133 Å². The molecule has 0 saturated carbocycles. The molecule has 0 bridgehead atoms. The summed E-state index contributed by atoms with van der Waals surface area (Å²) >= 11 is 1.85. The van der Waals surface area contributed by atoms with E-state index in [0.717, 1.165) is 39.0 Å². The van der Waals surface area contributed by atoms with E-state index in [9.17, 15) is 0 Å². The van der Waals surface area contributed by atoms with Crippen molar-refractivity contribution < 1.29 is 4.42 Å². The van der Waals surface area contributed by atoms with Crippen molar-refractivity contribution in [2.24, 2.45) is 0 Å². The summed E-state index contributed by atoms with van der Waals surface area (Å²) in [6.07, 6.45) is 0. The van der Waals surface area contributed by atoms with E-state index in [1.807, 2.05) is 23.5 Å². The number of hydrogen-bond donors (Lipinski definition) is 0. The van der Waals surface area contributed by atoms with Crippen molar-refractivity contribution in [3.05, 3.63) is 188 Å². The Bertz CT molecular complexity index is 3080. The molecule has 0 spiro atoms. The van der Waals surface area contributed by atoms with Crippen LogP contribution in [0.3, 0.4) is 0 Å². The Balaban J connectivity index is 1.23. The summed E-state index contributed by atoms with van der Waals surface area (Å²) in [5.74, 6) is 0. The van der Waals surface area contributed by atoms with Crippen molar-refractivity contribution in [1.29, 1.82) is 0 Å². The third kappa shape index (κ3) is 4.86. The summed E-state index contributed by atoms with van der Waals surface area (Å²) < 4.78 is 9.06. The van der Waals surface area contributed by atoms with Crippen LogP contribution in [0.25, 0.3) is 85.9 Å². The molecule has 0 saturated heterocycles. The van der Waals surface area contributed by atoms with Gasteiger partial charge in [0.2, 0.25) is 0 Å². The molecule has 0 aliphatic rings. The van der Waals surface area contributed by atoms with Crippen LogP contribution in [0.15, 0.2) is 192 Å². The van der Waals surface area contributed by atoms with Crippen LogP contribution in [0.4, 0.5) is 17.1 Å². The van der Waals surface area contributed by atoms with Crippen molar-refractivity contribution in [3.63, 3.8) is 0 Å². The lowest BCUT2D eigenvalue weighted by Crippen LogP contribution is -2.11. The first-order chi connectivity index (χ1) is 26.3. The summed E-state index contributed by atoms with van der Waals surface area (Å²) in [5.41, 5.74) is 9.73. The molecule has 9 aromatic carbocycles. The molecule has 0 aliphatic heterocycles. The van der Waals surface area contributed by atoms with Crippen LogP contribution in [0, 0.1) is 0 Å². The first-order valence-corrected chi connectivity index (χ1v) is 18.8. The number of para-hydroxylation sites is 1. The van der Waals surface area contributed by atoms with Gasteiger partial charge in [-0.3, -0.25) is 0 Å². The van der Waals surface area contributed by atoms with Gasteiger partial charge >= 0.3 is 0 Å². The fraction of sp³-hybridized carbons (Fsp3) is 0. The number of anilines is 3. The largest absolute Gasteiger partial charge is 0.456 e. The molecular weight excluding hydrogens is 663 g/mol. The number of thiophene rings is 1. The second-order valence-corrected chi connectivity index (χ2v) is 14.8. The SMILES string of the molecule is c1cc(-c2cccc3ccccc23)c(-c2ccc3ccccc3c2)c(N(c2ccc3c(c2)oc2ccccc23)c2ccc3c(c2)sc2ccccc23)c1. The van der Waals surface area contributed by atoms with Crippen molar-refractivity contribution in [2.75, 3.05) is 4.90 Å². The van der Waals surface area contributed by atoms with Crippen LogP contribution >= 0.6 is 11.3 Å². The lowest BCUT2D eigenvalue weighted by molar-refractivity contribution is 0.669. The summed E-state index contributed by atoms with van der Waals surface area (Å²) in [6, 6.07) is 68.2. The molecular formula is C50H31NOS. The maximum Gasteiger partial charge on any atom is 0.137 e. The van der Waals surface area contributed by atoms with Crippen molar-refractivity contribution >= 4 is 92.1 Å². The Morgan fingerprint density at radius 1 is 0.377 bits per heavy atom. The second-order valence-electron chi connectivity index (χ2n) is 13.7. The number of hydrogen-bond acceptors (Lipinski definition) is 3. The summed E-state index contributed by atoms with van der Waals surface area (Å²) in [4.78, 5) is 2.43. The molecule has 2 nitrogen and oxygen atoms in total. The van der Waals surface area contributed by atoms with Gasteiger partial charge in [-0.2, -0.15) is 0 Å². The van der Waals surface area contributed by atoms with E-state index in [4.69, 9.17) is 4.42 Å². The third-order valence-corrected chi connectivity index (χ3v) is 11.8. The lowest BCUT2D eigenvalue weighted by atomic mass is 9.89. The van der Waals surface area contributed by atoms with E-state index in [2.05, 4.69) is 181 Å². The maximum absolute atomic E-state index is 6.50. The van der Waals surface area contributed by atoms with Crippen molar-refractivity contribution in [2.45, 2.75) is 0 Å². The Hall–Kier alpha value is -6.68. The van der Waals surface area contributed by atoms with Crippen LogP contribution in [-0.2, 0) is 0 Å². The third-order valence-electron chi connectivity index (χ3n) is 10.6. The van der Waals surface area contributed by atoms with Gasteiger partial charge in [0.1, 0.15) is 11.2 Å². The van der Waals surface area contributed by atoms with E-state index >= 15 is 0 Å². The summed E-state index contributed by atoms with van der Waals surface area (Å²) in [7, 11) is 0. The minimum absolute atomic E-state index is 0.870. The molecule has 11 aromatic rings. The second kappa shape index (κ2) is 11.9. The zero-order valence-corrected chi connectivity index (χ0v) is 29.5. The van der Waals surface area contributed by atoms with E-state index in [1.165, 1.54) is 64.0 Å². The predicted octanol–water partition coefficient (Wildman–Crippen LogP) is 15.1. The monoisotopic (exact) mass is 693 g/mol. The van der Waals surface area contributed by atoms with Gasteiger partial charge in [0, 0.05) is 53.9 Å². The Kier molecular flexibility index (Phi) is 6.76. The number of nitrogens with zero attached hydrogens (tertiary/aromatic N) is 1. The highest BCUT2D eigenvalue weighted by molar-refractivity contribution is 7.25. The van der Waals surface area contributed by atoms with Gasteiger partial charge in [0.25, 0.3) is 0 Å². The minimum atomic E-state index is 0.870. The number of rotatable bonds is 5. The van der Waals surface area contributed by atoms with Gasteiger partial charge in [0.05, 0.1) is 5.69 Å². The average Bonchev–Trinajstić information content (AvgIpc) is 3.78. The summed E-state index contributed by atoms with van der Waals surface area (Å²) in [6.45, 7) is 0. The maximum atomic E-state index is 6.50. The summed E-state index contributed by atoms with van der Waals surface area (Å²) in [5, 5.41) is 9.71. The average molecular weight is 694 g/mol. The Morgan fingerprint density at radius 3 is 1.92 bits per heavy atom. The fourth-order valence-electron chi connectivity index (χ4n) is 8.19. The molecule has 53 heavy (non-hydrogen) atoms. The van der Waals surface area contributed by atoms with Gasteiger partial charge in [-0.15, -0.1) is 11.3 Å². The van der Waals surface area contributed by atoms with E-state index < -0.39 is 0 Å². The van der Waals surface area contributed by atoms with Crippen LogP contribution in [0.1, 0.15) is 0 Å². The van der Waals surface area contributed by atoms with Gasteiger partial charge in [-0.05, 0) is 86.8 Å². The Labute approximate surface area is 310 Å². The number of fused-ring (bicyclic) bond motifs is 8. The molecule has 0 amide bonds. The van der Waals surface area contributed by atoms with Gasteiger partial charge in [0.15, 0.2) is 0 Å². The molecule has 0 unspecified atom stereocenters. The standard InChI is InChI=1S/C50H31NOS/c1-2-13-34-29-35(24-23-32(34)11-1)50-44(39-18-9-14-33-12-3-4-15-38(33)39)19-10-20-45(50)51(36-25-27-41-40-16-5-7-21-46(40)52-47(41)30-36)37-26-28-43-42-17-6-8-22-48(42)53-49(43)31-37/h1-31H. The number of furan rings is 1. The van der Waals surface area contributed by atoms with E-state index in [1.54, 1.807) is 0 Å². The highest BCUT2D eigenvalue weighted by Crippen LogP contribution is 2.49. The number of benzene rings is 9. The smallest absolute Gasteiger partial charge is 0.137 e. The quantitative estimate of drug-likeness (QED) is 0.178. The van der Waals surface area contributed by atoms with Crippen LogP contribution < -0.4 is 4.90 Å². The lowest BCUT2D eigenvalue weighted by Gasteiger charge is -2.29. The normalized spacial score (nSPS) is 11.8. The molecule has 0 fully saturated rings. The van der Waals surface area contributed by atoms with E-state index in [-0.39, 0.29) is 0 Å². The van der Waals surface area contributed by atoms with Gasteiger partial charge < -0.3 is 9.32 Å². The molecule has 0 atom stereocenters. The molecule has 11 rings (SSSR count). The zero-order valence-electron chi connectivity index (χ0n) is 28.7. The van der Waals surface area contributed by atoms with Crippen molar-refractivity contribution in [1.82, 2.24) is 0 Å². The van der Waals surface area contributed by atoms with Crippen LogP contribution in [-0.4, -0.2) is 0 Å². The molecule has 2 heterocycles. The first-order valence-electron chi connectivity index (χ1n) is 18.0. The highest BCUT2D eigenvalue weighted by Gasteiger charge is 2.23. The minimum Gasteiger partial charge on any atom is -0.456 e. The molecule has 0 N–H and O–H groups in total. The molecule has 3 heteroatoms.